The summed E-state index contributed by atoms with van der Waals surface area (Å²) in [6.07, 6.45) is 0. The highest BCUT2D eigenvalue weighted by Crippen LogP contribution is 2.46. The normalized spacial score (nSPS) is 11.8. The fourth-order valence-corrected chi connectivity index (χ4v) is 8.79. The lowest BCUT2D eigenvalue weighted by Gasteiger charge is -2.19. The first-order chi connectivity index (χ1) is 25.7. The van der Waals surface area contributed by atoms with Gasteiger partial charge in [-0.05, 0) is 79.5 Å². The summed E-state index contributed by atoms with van der Waals surface area (Å²) < 4.78 is 4.47. The molecular formula is C48H26N4. The van der Waals surface area contributed by atoms with Crippen molar-refractivity contribution in [3.63, 3.8) is 0 Å². The molecule has 0 aliphatic heterocycles. The largest absolute Gasteiger partial charge is 0.306 e. The Labute approximate surface area is 297 Å². The molecule has 0 radical (unpaired) electrons. The van der Waals surface area contributed by atoms with E-state index in [0.29, 0.717) is 22.5 Å². The Morgan fingerprint density at radius 3 is 0.846 bits per heavy atom. The molecule has 2 heterocycles. The van der Waals surface area contributed by atoms with E-state index in [2.05, 4.69) is 167 Å². The quantitative estimate of drug-likeness (QED) is 0.186. The zero-order valence-corrected chi connectivity index (χ0v) is 27.8. The van der Waals surface area contributed by atoms with Crippen LogP contribution in [0.3, 0.4) is 0 Å². The molecule has 4 nitrogen and oxygen atoms in total. The van der Waals surface area contributed by atoms with Crippen molar-refractivity contribution in [2.45, 2.75) is 0 Å². The van der Waals surface area contributed by atoms with E-state index in [4.69, 9.17) is 0 Å². The fraction of sp³-hybridized carbons (Fsp3) is 0. The first-order valence-electron chi connectivity index (χ1n) is 17.4. The SMILES string of the molecule is N#Cc1ccc(C#N)c(-n2c3ccc4ccccc4c3c3c4ccccc4ccc32)c1-n1c2ccc3ccccc3c2c2c3ccccc3ccc21. The molecule has 52 heavy (non-hydrogen) atoms. The predicted octanol–water partition coefficient (Wildman–Crippen LogP) is 12.2. The van der Waals surface area contributed by atoms with Crippen LogP contribution < -0.4 is 0 Å². The summed E-state index contributed by atoms with van der Waals surface area (Å²) >= 11 is 0. The van der Waals surface area contributed by atoms with Crippen molar-refractivity contribution in [3.05, 3.63) is 169 Å². The maximum atomic E-state index is 10.9. The summed E-state index contributed by atoms with van der Waals surface area (Å²) in [6, 6.07) is 60.0. The summed E-state index contributed by atoms with van der Waals surface area (Å²) in [5.74, 6) is 0. The second-order valence-corrected chi connectivity index (χ2v) is 13.5. The molecule has 0 saturated heterocycles. The first-order valence-corrected chi connectivity index (χ1v) is 17.4. The summed E-state index contributed by atoms with van der Waals surface area (Å²) in [5.41, 5.74) is 6.28. The Hall–Kier alpha value is -7.40. The Balaban J connectivity index is 1.41. The van der Waals surface area contributed by atoms with Crippen LogP contribution in [0.4, 0.5) is 0 Å². The van der Waals surface area contributed by atoms with E-state index in [1.807, 2.05) is 0 Å². The fourth-order valence-electron chi connectivity index (χ4n) is 8.79. The van der Waals surface area contributed by atoms with Crippen molar-refractivity contribution in [2.24, 2.45) is 0 Å². The molecule has 0 saturated carbocycles. The van der Waals surface area contributed by atoms with E-state index in [-0.39, 0.29) is 0 Å². The molecule has 0 atom stereocenters. The molecule has 0 N–H and O–H groups in total. The highest BCUT2D eigenvalue weighted by molar-refractivity contribution is 6.30. The van der Waals surface area contributed by atoms with E-state index < -0.39 is 0 Å². The third-order valence-electron chi connectivity index (χ3n) is 10.9. The van der Waals surface area contributed by atoms with Crippen LogP contribution in [0.1, 0.15) is 11.1 Å². The minimum atomic E-state index is 0.491. The number of hydrogen-bond acceptors (Lipinski definition) is 2. The number of rotatable bonds is 2. The van der Waals surface area contributed by atoms with Crippen molar-refractivity contribution >= 4 is 86.7 Å². The molecule has 238 valence electrons. The molecule has 0 fully saturated rings. The van der Waals surface area contributed by atoms with Gasteiger partial charge >= 0.3 is 0 Å². The van der Waals surface area contributed by atoms with Crippen molar-refractivity contribution in [1.29, 1.82) is 10.5 Å². The highest BCUT2D eigenvalue weighted by atomic mass is 15.1. The monoisotopic (exact) mass is 658 g/mol. The van der Waals surface area contributed by atoms with Gasteiger partial charge in [0.1, 0.15) is 12.1 Å². The van der Waals surface area contributed by atoms with Gasteiger partial charge in [0.25, 0.3) is 0 Å². The van der Waals surface area contributed by atoms with E-state index in [1.165, 1.54) is 0 Å². The molecule has 9 aromatic carbocycles. The van der Waals surface area contributed by atoms with Crippen LogP contribution in [0.25, 0.3) is 98.1 Å². The van der Waals surface area contributed by atoms with Crippen molar-refractivity contribution in [1.82, 2.24) is 9.13 Å². The van der Waals surface area contributed by atoms with E-state index >= 15 is 0 Å². The molecule has 0 aliphatic rings. The number of aromatic nitrogens is 2. The maximum Gasteiger partial charge on any atom is 0.101 e. The Kier molecular flexibility index (Phi) is 5.77. The van der Waals surface area contributed by atoms with Crippen LogP contribution in [-0.2, 0) is 0 Å². The Morgan fingerprint density at radius 1 is 0.308 bits per heavy atom. The van der Waals surface area contributed by atoms with Gasteiger partial charge in [0.05, 0.1) is 44.6 Å². The van der Waals surface area contributed by atoms with Gasteiger partial charge in [-0.2, -0.15) is 10.5 Å². The second-order valence-electron chi connectivity index (χ2n) is 13.5. The zero-order chi connectivity index (χ0) is 34.5. The molecule has 0 unspecified atom stereocenters. The Bertz CT molecular complexity index is 3020. The lowest BCUT2D eigenvalue weighted by atomic mass is 10.00. The van der Waals surface area contributed by atoms with Crippen LogP contribution in [0.2, 0.25) is 0 Å². The standard InChI is InChI=1S/C48H26N4/c49-27-33-17-18-34(28-50)48(52-41-25-21-31-11-3-7-15-37(31)45(41)46-38-16-8-4-12-32(38)22-26-42(46)52)47(33)51-39-23-19-29-9-1-5-13-35(29)43(39)44-36-14-6-2-10-30(36)20-24-40(44)51/h1-26H. The topological polar surface area (TPSA) is 57.4 Å². The van der Waals surface area contributed by atoms with Gasteiger partial charge in [0.15, 0.2) is 0 Å². The summed E-state index contributed by atoms with van der Waals surface area (Å²) in [7, 11) is 0. The molecule has 0 aliphatic carbocycles. The van der Waals surface area contributed by atoms with Crippen LogP contribution in [0.5, 0.6) is 0 Å². The van der Waals surface area contributed by atoms with Crippen molar-refractivity contribution < 1.29 is 0 Å². The van der Waals surface area contributed by atoms with E-state index in [9.17, 15) is 10.5 Å². The molecule has 4 heteroatoms. The number of fused-ring (bicyclic) bond motifs is 14. The average molecular weight is 659 g/mol. The van der Waals surface area contributed by atoms with Gasteiger partial charge in [0, 0.05) is 21.5 Å². The number of benzene rings is 9. The molecule has 0 bridgehead atoms. The molecular weight excluding hydrogens is 633 g/mol. The third-order valence-corrected chi connectivity index (χ3v) is 10.9. The third kappa shape index (κ3) is 3.68. The van der Waals surface area contributed by atoms with Crippen LogP contribution in [-0.4, -0.2) is 9.13 Å². The number of hydrogen-bond donors (Lipinski definition) is 0. The van der Waals surface area contributed by atoms with Crippen molar-refractivity contribution in [3.8, 4) is 23.5 Å². The van der Waals surface area contributed by atoms with E-state index in [1.54, 1.807) is 12.1 Å². The zero-order valence-electron chi connectivity index (χ0n) is 27.8. The average Bonchev–Trinajstić information content (AvgIpc) is 3.74. The molecule has 11 rings (SSSR count). The number of nitrogens with zero attached hydrogens (tertiary/aromatic N) is 4. The second kappa shape index (κ2) is 10.6. The lowest BCUT2D eigenvalue weighted by molar-refractivity contribution is 1.08. The van der Waals surface area contributed by atoms with Gasteiger partial charge in [-0.3, -0.25) is 0 Å². The van der Waals surface area contributed by atoms with Gasteiger partial charge < -0.3 is 9.13 Å². The van der Waals surface area contributed by atoms with Crippen LogP contribution >= 0.6 is 0 Å². The van der Waals surface area contributed by atoms with Crippen LogP contribution in [0, 0.1) is 22.7 Å². The van der Waals surface area contributed by atoms with Gasteiger partial charge in [-0.25, -0.2) is 0 Å². The first kappa shape index (κ1) is 28.4. The van der Waals surface area contributed by atoms with Gasteiger partial charge in [-0.1, -0.05) is 121 Å². The minimum Gasteiger partial charge on any atom is -0.306 e. The van der Waals surface area contributed by atoms with Gasteiger partial charge in [-0.15, -0.1) is 0 Å². The molecule has 0 amide bonds. The van der Waals surface area contributed by atoms with Gasteiger partial charge in [0.2, 0.25) is 0 Å². The smallest absolute Gasteiger partial charge is 0.101 e. The summed E-state index contributed by atoms with van der Waals surface area (Å²) in [6.45, 7) is 0. The highest BCUT2D eigenvalue weighted by Gasteiger charge is 2.27. The minimum absolute atomic E-state index is 0.491. The number of nitriles is 2. The van der Waals surface area contributed by atoms with E-state index in [0.717, 1.165) is 86.7 Å². The predicted molar refractivity (Wildman–Crippen MR) is 215 cm³/mol. The molecule has 0 spiro atoms. The van der Waals surface area contributed by atoms with Crippen molar-refractivity contribution in [2.75, 3.05) is 0 Å². The summed E-state index contributed by atoms with van der Waals surface area (Å²) in [5, 5.41) is 35.6. The Morgan fingerprint density at radius 2 is 0.577 bits per heavy atom. The van der Waals surface area contributed by atoms with Crippen LogP contribution in [0.15, 0.2) is 158 Å². The summed E-state index contributed by atoms with van der Waals surface area (Å²) in [4.78, 5) is 0. The molecule has 11 aromatic rings. The lowest BCUT2D eigenvalue weighted by Crippen LogP contribution is -2.08. The maximum absolute atomic E-state index is 10.9. The molecule has 2 aromatic heterocycles.